The standard InChI is InChI=1S/C18H18N4OS/c1-12-8-10-15(11-9-12)17(23)14(3)24-18-19-20-21-22(18)16-7-5-4-6-13(16)2/h4-11,14H,1-3H3/t14-/m0/s1. The van der Waals surface area contributed by atoms with Crippen molar-refractivity contribution in [3.63, 3.8) is 0 Å². The Kier molecular flexibility index (Phi) is 4.76. The van der Waals surface area contributed by atoms with Gasteiger partial charge in [-0.3, -0.25) is 4.79 Å². The molecule has 0 aliphatic heterocycles. The van der Waals surface area contributed by atoms with Crippen molar-refractivity contribution in [2.45, 2.75) is 31.2 Å². The van der Waals surface area contributed by atoms with Gasteiger partial charge in [-0.05, 0) is 42.8 Å². The van der Waals surface area contributed by atoms with Gasteiger partial charge in [0.25, 0.3) is 0 Å². The van der Waals surface area contributed by atoms with Crippen LogP contribution < -0.4 is 0 Å². The molecular weight excluding hydrogens is 320 g/mol. The highest BCUT2D eigenvalue weighted by Crippen LogP contribution is 2.26. The molecule has 5 nitrogen and oxygen atoms in total. The topological polar surface area (TPSA) is 60.7 Å². The van der Waals surface area contributed by atoms with E-state index >= 15 is 0 Å². The molecule has 3 rings (SSSR count). The number of aromatic nitrogens is 4. The van der Waals surface area contributed by atoms with Gasteiger partial charge < -0.3 is 0 Å². The van der Waals surface area contributed by atoms with Crippen molar-refractivity contribution in [1.29, 1.82) is 0 Å². The summed E-state index contributed by atoms with van der Waals surface area (Å²) in [5, 5.41) is 12.2. The van der Waals surface area contributed by atoms with Crippen LogP contribution in [-0.4, -0.2) is 31.2 Å². The lowest BCUT2D eigenvalue weighted by Crippen LogP contribution is -2.14. The van der Waals surface area contributed by atoms with Crippen LogP contribution in [-0.2, 0) is 0 Å². The summed E-state index contributed by atoms with van der Waals surface area (Å²) in [6, 6.07) is 15.5. The molecular formula is C18H18N4OS. The fourth-order valence-corrected chi connectivity index (χ4v) is 3.25. The Labute approximate surface area is 145 Å². The Morgan fingerprint density at radius 2 is 1.79 bits per heavy atom. The summed E-state index contributed by atoms with van der Waals surface area (Å²) in [6.07, 6.45) is 0. The van der Waals surface area contributed by atoms with E-state index in [4.69, 9.17) is 0 Å². The molecule has 0 amide bonds. The number of ketones is 1. The molecule has 0 aliphatic rings. The minimum Gasteiger partial charge on any atom is -0.293 e. The molecule has 0 aliphatic carbocycles. The fourth-order valence-electron chi connectivity index (χ4n) is 2.37. The lowest BCUT2D eigenvalue weighted by molar-refractivity contribution is 0.0994. The van der Waals surface area contributed by atoms with Crippen molar-refractivity contribution < 1.29 is 4.79 Å². The molecule has 122 valence electrons. The smallest absolute Gasteiger partial charge is 0.214 e. The largest absolute Gasteiger partial charge is 0.293 e. The predicted octanol–water partition coefficient (Wildman–Crippen LogP) is 3.64. The lowest BCUT2D eigenvalue weighted by atomic mass is 10.1. The summed E-state index contributed by atoms with van der Waals surface area (Å²) in [5.74, 6) is 0.0688. The highest BCUT2D eigenvalue weighted by molar-refractivity contribution is 8.00. The molecule has 0 saturated heterocycles. The molecule has 2 aromatic carbocycles. The number of rotatable bonds is 5. The Morgan fingerprint density at radius 3 is 2.50 bits per heavy atom. The van der Waals surface area contributed by atoms with Crippen molar-refractivity contribution >= 4 is 17.5 Å². The summed E-state index contributed by atoms with van der Waals surface area (Å²) in [6.45, 7) is 5.89. The molecule has 0 fully saturated rings. The number of hydrogen-bond acceptors (Lipinski definition) is 5. The maximum absolute atomic E-state index is 12.6. The zero-order valence-electron chi connectivity index (χ0n) is 13.8. The van der Waals surface area contributed by atoms with Crippen LogP contribution >= 0.6 is 11.8 Å². The average Bonchev–Trinajstić information content (AvgIpc) is 3.03. The first-order chi connectivity index (χ1) is 11.6. The minimum absolute atomic E-state index is 0.0688. The summed E-state index contributed by atoms with van der Waals surface area (Å²) in [5.41, 5.74) is 3.83. The molecule has 0 unspecified atom stereocenters. The van der Waals surface area contributed by atoms with E-state index in [9.17, 15) is 4.79 Å². The van der Waals surface area contributed by atoms with Crippen LogP contribution in [0.15, 0.2) is 53.7 Å². The van der Waals surface area contributed by atoms with Gasteiger partial charge in [-0.2, -0.15) is 4.68 Å². The van der Waals surface area contributed by atoms with Crippen molar-refractivity contribution in [3.05, 3.63) is 65.2 Å². The van der Waals surface area contributed by atoms with Crippen LogP contribution in [0.1, 0.15) is 28.4 Å². The number of hydrogen-bond donors (Lipinski definition) is 0. The maximum atomic E-state index is 12.6. The number of Topliss-reactive ketones (excluding diaryl/α,β-unsaturated/α-hetero) is 1. The van der Waals surface area contributed by atoms with Crippen LogP contribution in [0.3, 0.4) is 0 Å². The van der Waals surface area contributed by atoms with Crippen molar-refractivity contribution in [2.24, 2.45) is 0 Å². The number of carbonyl (C=O) groups is 1. The van der Waals surface area contributed by atoms with E-state index in [1.165, 1.54) is 11.8 Å². The summed E-state index contributed by atoms with van der Waals surface area (Å²) in [4.78, 5) is 12.6. The van der Waals surface area contributed by atoms with E-state index in [-0.39, 0.29) is 11.0 Å². The lowest BCUT2D eigenvalue weighted by Gasteiger charge is -2.11. The number of nitrogens with zero attached hydrogens (tertiary/aromatic N) is 4. The van der Waals surface area contributed by atoms with Crippen LogP contribution in [0.4, 0.5) is 0 Å². The molecule has 1 aromatic heterocycles. The van der Waals surface area contributed by atoms with Gasteiger partial charge in [-0.1, -0.05) is 59.8 Å². The van der Waals surface area contributed by atoms with Gasteiger partial charge in [0, 0.05) is 5.56 Å². The summed E-state index contributed by atoms with van der Waals surface area (Å²) in [7, 11) is 0. The van der Waals surface area contributed by atoms with Gasteiger partial charge >= 0.3 is 0 Å². The molecule has 0 saturated carbocycles. The van der Waals surface area contributed by atoms with Crippen LogP contribution in [0.5, 0.6) is 0 Å². The Morgan fingerprint density at radius 1 is 1.08 bits per heavy atom. The van der Waals surface area contributed by atoms with Crippen LogP contribution in [0.25, 0.3) is 5.69 Å². The van der Waals surface area contributed by atoms with Crippen LogP contribution in [0.2, 0.25) is 0 Å². The first kappa shape index (κ1) is 16.4. The number of aryl methyl sites for hydroxylation is 2. The van der Waals surface area contributed by atoms with E-state index in [0.717, 1.165) is 16.8 Å². The molecule has 1 atom stereocenters. The third-order valence-electron chi connectivity index (χ3n) is 3.77. The van der Waals surface area contributed by atoms with E-state index < -0.39 is 0 Å². The van der Waals surface area contributed by atoms with Gasteiger partial charge in [0.2, 0.25) is 5.16 Å². The summed E-state index contributed by atoms with van der Waals surface area (Å²) < 4.78 is 1.68. The molecule has 0 spiro atoms. The molecule has 0 bridgehead atoms. The molecule has 3 aromatic rings. The third-order valence-corrected chi connectivity index (χ3v) is 4.81. The quantitative estimate of drug-likeness (QED) is 0.525. The molecule has 6 heteroatoms. The van der Waals surface area contributed by atoms with Gasteiger partial charge in [-0.15, -0.1) is 5.10 Å². The minimum atomic E-state index is -0.276. The van der Waals surface area contributed by atoms with Gasteiger partial charge in [0.05, 0.1) is 10.9 Å². The Hall–Kier alpha value is -2.47. The zero-order valence-corrected chi connectivity index (χ0v) is 14.6. The maximum Gasteiger partial charge on any atom is 0.214 e. The van der Waals surface area contributed by atoms with Crippen LogP contribution in [0, 0.1) is 13.8 Å². The molecule has 0 N–H and O–H groups in total. The van der Waals surface area contributed by atoms with Crippen molar-refractivity contribution in [3.8, 4) is 5.69 Å². The van der Waals surface area contributed by atoms with Gasteiger partial charge in [-0.25, -0.2) is 0 Å². The third kappa shape index (κ3) is 3.38. The predicted molar refractivity (Wildman–Crippen MR) is 94.7 cm³/mol. The number of para-hydroxylation sites is 1. The highest BCUT2D eigenvalue weighted by Gasteiger charge is 2.20. The number of thioether (sulfide) groups is 1. The Bertz CT molecular complexity index is 857. The van der Waals surface area contributed by atoms with Gasteiger partial charge in [0.15, 0.2) is 5.78 Å². The van der Waals surface area contributed by atoms with E-state index in [0.29, 0.717) is 10.7 Å². The zero-order chi connectivity index (χ0) is 17.1. The summed E-state index contributed by atoms with van der Waals surface area (Å²) >= 11 is 1.36. The molecule has 1 heterocycles. The average molecular weight is 338 g/mol. The van der Waals surface area contributed by atoms with Gasteiger partial charge in [0.1, 0.15) is 0 Å². The second-order valence-electron chi connectivity index (χ2n) is 5.65. The normalized spacial score (nSPS) is 12.1. The monoisotopic (exact) mass is 338 g/mol. The first-order valence-corrected chi connectivity index (χ1v) is 8.56. The van der Waals surface area contributed by atoms with E-state index in [2.05, 4.69) is 15.5 Å². The highest BCUT2D eigenvalue weighted by atomic mass is 32.2. The van der Waals surface area contributed by atoms with E-state index in [1.807, 2.05) is 69.3 Å². The first-order valence-electron chi connectivity index (χ1n) is 7.68. The molecule has 24 heavy (non-hydrogen) atoms. The van der Waals surface area contributed by atoms with E-state index in [1.54, 1.807) is 4.68 Å². The van der Waals surface area contributed by atoms with Crippen molar-refractivity contribution in [2.75, 3.05) is 0 Å². The second kappa shape index (κ2) is 6.97. The number of carbonyl (C=O) groups excluding carboxylic acids is 1. The second-order valence-corrected chi connectivity index (χ2v) is 6.96. The fraction of sp³-hybridized carbons (Fsp3) is 0.222. The molecule has 0 radical (unpaired) electrons. The van der Waals surface area contributed by atoms with Crippen molar-refractivity contribution in [1.82, 2.24) is 20.2 Å². The number of benzene rings is 2. The SMILES string of the molecule is Cc1ccc(C(=O)[C@H](C)Sc2nnnn2-c2ccccc2C)cc1. The Balaban J connectivity index is 1.82. The number of tetrazole rings is 1.